The maximum absolute atomic E-state index is 11.2. The van der Waals surface area contributed by atoms with Crippen LogP contribution in [0.4, 0.5) is 0 Å². The average Bonchev–Trinajstić information content (AvgIpc) is 2.39. The van der Waals surface area contributed by atoms with Gasteiger partial charge in [-0.25, -0.2) is 5.10 Å². The predicted molar refractivity (Wildman–Crippen MR) is 69.8 cm³/mol. The lowest BCUT2D eigenvalue weighted by atomic mass is 10.0. The van der Waals surface area contributed by atoms with E-state index in [2.05, 4.69) is 24.0 Å². The van der Waals surface area contributed by atoms with E-state index in [0.29, 0.717) is 17.9 Å². The van der Waals surface area contributed by atoms with Gasteiger partial charge in [-0.1, -0.05) is 38.1 Å². The van der Waals surface area contributed by atoms with Gasteiger partial charge in [0.05, 0.1) is 11.3 Å². The van der Waals surface area contributed by atoms with E-state index in [1.807, 2.05) is 24.3 Å². The van der Waals surface area contributed by atoms with Crippen LogP contribution in [0.15, 0.2) is 35.1 Å². The molecule has 0 saturated heterocycles. The summed E-state index contributed by atoms with van der Waals surface area (Å²) in [5.41, 5.74) is 2.32. The first-order valence-electron chi connectivity index (χ1n) is 5.77. The van der Waals surface area contributed by atoms with Crippen molar-refractivity contribution < 1.29 is 4.79 Å². The topological polar surface area (TPSA) is 62.8 Å². The van der Waals surface area contributed by atoms with Crippen molar-refractivity contribution in [3.63, 3.8) is 0 Å². The molecule has 4 nitrogen and oxygen atoms in total. The van der Waals surface area contributed by atoms with Crippen LogP contribution >= 0.6 is 0 Å². The van der Waals surface area contributed by atoms with Gasteiger partial charge in [-0.3, -0.25) is 9.59 Å². The molecular formula is C14H14N2O2. The van der Waals surface area contributed by atoms with E-state index >= 15 is 0 Å². The highest BCUT2D eigenvalue weighted by Gasteiger charge is 2.05. The summed E-state index contributed by atoms with van der Waals surface area (Å²) in [6, 6.07) is 9.41. The third-order valence-electron chi connectivity index (χ3n) is 2.83. The van der Waals surface area contributed by atoms with Crippen LogP contribution in [0, 0.1) is 0 Å². The minimum absolute atomic E-state index is 0.0907. The molecule has 0 fully saturated rings. The van der Waals surface area contributed by atoms with Crippen LogP contribution in [0.25, 0.3) is 11.3 Å². The van der Waals surface area contributed by atoms with Gasteiger partial charge in [-0.15, -0.1) is 0 Å². The molecule has 1 heterocycles. The summed E-state index contributed by atoms with van der Waals surface area (Å²) in [5.74, 6) is 0.466. The van der Waals surface area contributed by atoms with E-state index in [0.717, 1.165) is 5.56 Å². The summed E-state index contributed by atoms with van der Waals surface area (Å²) in [6.45, 7) is 4.25. The van der Waals surface area contributed by atoms with Gasteiger partial charge in [0.2, 0.25) is 0 Å². The maximum atomic E-state index is 11.2. The summed E-state index contributed by atoms with van der Waals surface area (Å²) < 4.78 is 0. The minimum Gasteiger partial charge on any atom is -0.298 e. The number of benzene rings is 1. The molecule has 0 saturated carbocycles. The zero-order valence-corrected chi connectivity index (χ0v) is 10.3. The number of carbonyl (C=O) groups is 1. The van der Waals surface area contributed by atoms with Crippen LogP contribution in [0.5, 0.6) is 0 Å². The molecule has 0 atom stereocenters. The van der Waals surface area contributed by atoms with Crippen molar-refractivity contribution in [2.24, 2.45) is 0 Å². The number of rotatable bonds is 3. The highest BCUT2D eigenvalue weighted by Crippen LogP contribution is 2.20. The molecule has 18 heavy (non-hydrogen) atoms. The second-order valence-electron chi connectivity index (χ2n) is 4.43. The molecule has 92 valence electrons. The Morgan fingerprint density at radius 3 is 2.44 bits per heavy atom. The van der Waals surface area contributed by atoms with Crippen LogP contribution in [0.2, 0.25) is 0 Å². The van der Waals surface area contributed by atoms with E-state index in [1.54, 1.807) is 0 Å². The lowest BCUT2D eigenvalue weighted by molar-refractivity contribution is 0.112. The number of H-pyrrole nitrogens is 1. The number of aromatic nitrogens is 2. The minimum atomic E-state index is -0.465. The van der Waals surface area contributed by atoms with Gasteiger partial charge in [0.15, 0.2) is 6.29 Å². The van der Waals surface area contributed by atoms with Gasteiger partial charge < -0.3 is 0 Å². The Hall–Kier alpha value is -2.23. The molecule has 0 aliphatic rings. The molecule has 4 heteroatoms. The molecule has 0 aliphatic heterocycles. The average molecular weight is 242 g/mol. The summed E-state index contributed by atoms with van der Waals surface area (Å²) in [5, 5.41) is 6.25. The Morgan fingerprint density at radius 2 is 1.89 bits per heavy atom. The quantitative estimate of drug-likeness (QED) is 0.840. The summed E-state index contributed by atoms with van der Waals surface area (Å²) in [4.78, 5) is 21.9. The Kier molecular flexibility index (Phi) is 3.37. The molecule has 0 amide bonds. The van der Waals surface area contributed by atoms with Crippen LogP contribution < -0.4 is 5.56 Å². The smallest absolute Gasteiger partial charge is 0.274 e. The van der Waals surface area contributed by atoms with E-state index in [1.165, 1.54) is 11.6 Å². The Balaban J connectivity index is 2.42. The molecule has 0 spiro atoms. The maximum Gasteiger partial charge on any atom is 0.274 e. The summed E-state index contributed by atoms with van der Waals surface area (Å²) in [7, 11) is 0. The van der Waals surface area contributed by atoms with Gasteiger partial charge >= 0.3 is 0 Å². The predicted octanol–water partition coefficient (Wildman–Crippen LogP) is 2.37. The van der Waals surface area contributed by atoms with E-state index in [9.17, 15) is 9.59 Å². The molecule has 0 radical (unpaired) electrons. The van der Waals surface area contributed by atoms with Gasteiger partial charge in [0, 0.05) is 5.56 Å². The molecular weight excluding hydrogens is 228 g/mol. The Labute approximate surface area is 105 Å². The van der Waals surface area contributed by atoms with Crippen molar-refractivity contribution in [3.05, 3.63) is 51.8 Å². The van der Waals surface area contributed by atoms with E-state index < -0.39 is 5.56 Å². The third-order valence-corrected chi connectivity index (χ3v) is 2.83. The van der Waals surface area contributed by atoms with Crippen LogP contribution in [0.1, 0.15) is 35.7 Å². The Morgan fingerprint density at radius 1 is 1.22 bits per heavy atom. The fraction of sp³-hybridized carbons (Fsp3) is 0.214. The zero-order chi connectivity index (χ0) is 13.1. The van der Waals surface area contributed by atoms with Crippen molar-refractivity contribution >= 4 is 6.29 Å². The first-order chi connectivity index (χ1) is 8.61. The molecule has 1 aromatic carbocycles. The molecule has 2 aromatic rings. The zero-order valence-electron chi connectivity index (χ0n) is 10.3. The van der Waals surface area contributed by atoms with Gasteiger partial charge in [0.1, 0.15) is 0 Å². The highest BCUT2D eigenvalue weighted by molar-refractivity contribution is 5.76. The number of nitrogens with one attached hydrogen (secondary N) is 1. The molecule has 2 rings (SSSR count). The first-order valence-corrected chi connectivity index (χ1v) is 5.77. The molecule has 1 aromatic heterocycles. The van der Waals surface area contributed by atoms with Crippen molar-refractivity contribution in [1.82, 2.24) is 10.2 Å². The first kappa shape index (κ1) is 12.2. The SMILES string of the molecule is CC(C)c1ccc(-c2cc(C=O)c(=O)[nH]n2)cc1. The normalized spacial score (nSPS) is 10.6. The van der Waals surface area contributed by atoms with Crippen molar-refractivity contribution in [3.8, 4) is 11.3 Å². The highest BCUT2D eigenvalue weighted by atomic mass is 16.1. The molecule has 0 bridgehead atoms. The van der Waals surface area contributed by atoms with Crippen molar-refractivity contribution in [2.45, 2.75) is 19.8 Å². The number of hydrogen-bond acceptors (Lipinski definition) is 3. The number of carbonyl (C=O) groups excluding carboxylic acids is 1. The Bertz CT molecular complexity index is 612. The number of nitrogens with zero attached hydrogens (tertiary/aromatic N) is 1. The van der Waals surface area contributed by atoms with E-state index in [-0.39, 0.29) is 5.56 Å². The largest absolute Gasteiger partial charge is 0.298 e. The van der Waals surface area contributed by atoms with Crippen LogP contribution in [-0.2, 0) is 0 Å². The third kappa shape index (κ3) is 2.37. The lowest BCUT2D eigenvalue weighted by Crippen LogP contribution is -2.13. The second kappa shape index (κ2) is 4.96. The standard InChI is InChI=1S/C14H14N2O2/c1-9(2)10-3-5-11(6-4-10)13-7-12(8-17)14(18)16-15-13/h3-9H,1-2H3,(H,16,18). The molecule has 0 aliphatic carbocycles. The van der Waals surface area contributed by atoms with Crippen molar-refractivity contribution in [1.29, 1.82) is 0 Å². The lowest BCUT2D eigenvalue weighted by Gasteiger charge is -2.06. The summed E-state index contributed by atoms with van der Waals surface area (Å²) >= 11 is 0. The van der Waals surface area contributed by atoms with Crippen LogP contribution in [-0.4, -0.2) is 16.5 Å². The molecule has 0 unspecified atom stereocenters. The second-order valence-corrected chi connectivity index (χ2v) is 4.43. The van der Waals surface area contributed by atoms with Crippen molar-refractivity contribution in [2.75, 3.05) is 0 Å². The fourth-order valence-corrected chi connectivity index (χ4v) is 1.69. The number of aldehydes is 1. The van der Waals surface area contributed by atoms with Gasteiger partial charge in [0.25, 0.3) is 5.56 Å². The van der Waals surface area contributed by atoms with E-state index in [4.69, 9.17) is 0 Å². The van der Waals surface area contributed by atoms with Gasteiger partial charge in [-0.05, 0) is 17.5 Å². The fourth-order valence-electron chi connectivity index (χ4n) is 1.69. The van der Waals surface area contributed by atoms with Crippen LogP contribution in [0.3, 0.4) is 0 Å². The monoisotopic (exact) mass is 242 g/mol. The number of hydrogen-bond donors (Lipinski definition) is 1. The summed E-state index contributed by atoms with van der Waals surface area (Å²) in [6.07, 6.45) is 0.534. The number of aromatic amines is 1. The molecule has 1 N–H and O–H groups in total. The van der Waals surface area contributed by atoms with Gasteiger partial charge in [-0.2, -0.15) is 5.10 Å².